The van der Waals surface area contributed by atoms with Crippen molar-refractivity contribution < 1.29 is 0 Å². The van der Waals surface area contributed by atoms with Crippen LogP contribution in [0.4, 0.5) is 0 Å². The summed E-state index contributed by atoms with van der Waals surface area (Å²) in [7, 11) is 0. The first-order valence-corrected chi connectivity index (χ1v) is 19.1. The molecule has 0 aliphatic heterocycles. The summed E-state index contributed by atoms with van der Waals surface area (Å²) >= 11 is -2.39. The van der Waals surface area contributed by atoms with Crippen LogP contribution in [-0.4, -0.2) is 18.4 Å². The fourth-order valence-electron chi connectivity index (χ4n) is 4.15. The van der Waals surface area contributed by atoms with Gasteiger partial charge in [-0.2, -0.15) is 0 Å². The van der Waals surface area contributed by atoms with Crippen LogP contribution in [0.1, 0.15) is 112 Å². The number of hydrogen-bond acceptors (Lipinski definition) is 0. The van der Waals surface area contributed by atoms with Crippen molar-refractivity contribution in [3.63, 3.8) is 0 Å². The van der Waals surface area contributed by atoms with Gasteiger partial charge in [0.25, 0.3) is 0 Å². The summed E-state index contributed by atoms with van der Waals surface area (Å²) in [4.78, 5) is 0. The first-order valence-electron chi connectivity index (χ1n) is 11.7. The third-order valence-corrected chi connectivity index (χ3v) is 21.8. The molecule has 0 aromatic heterocycles. The molecule has 1 rings (SSSR count). The van der Waals surface area contributed by atoms with Gasteiger partial charge in [-0.05, 0) is 0 Å². The maximum absolute atomic E-state index is 2.67. The number of hydrogen-bond donors (Lipinski definition) is 0. The molecule has 0 aliphatic rings. The normalized spacial score (nSPS) is 13.2. The Hall–Kier alpha value is 0.0187. The van der Waals surface area contributed by atoms with Gasteiger partial charge >= 0.3 is 176 Å². The Kier molecular flexibility index (Phi) is 9.93. The quantitative estimate of drug-likeness (QED) is 0.296. The zero-order valence-corrected chi connectivity index (χ0v) is 23.0. The van der Waals surface area contributed by atoms with Gasteiger partial charge in [-0.1, -0.05) is 0 Å². The summed E-state index contributed by atoms with van der Waals surface area (Å²) in [6.45, 7) is 21.5. The summed E-state index contributed by atoms with van der Waals surface area (Å²) in [5, 5.41) is 0. The maximum atomic E-state index is 2.67. The molecule has 0 aliphatic carbocycles. The zero-order valence-electron chi connectivity index (χ0n) is 20.1. The van der Waals surface area contributed by atoms with Gasteiger partial charge in [0.05, 0.1) is 0 Å². The van der Waals surface area contributed by atoms with Gasteiger partial charge in [0, 0.05) is 0 Å². The molecule has 0 radical (unpaired) electrons. The van der Waals surface area contributed by atoms with Crippen molar-refractivity contribution in [2.45, 2.75) is 125 Å². The second-order valence-corrected chi connectivity index (χ2v) is 24.1. The summed E-state index contributed by atoms with van der Waals surface area (Å²) in [5.74, 6) is 0. The zero-order chi connectivity index (χ0) is 20.7. The minimum atomic E-state index is -2.39. The van der Waals surface area contributed by atoms with Crippen LogP contribution < -0.4 is 3.58 Å². The molecule has 0 saturated carbocycles. The fraction of sp³-hybridized carbons (Fsp3) is 0.769. The molecule has 0 spiro atoms. The fourth-order valence-corrected chi connectivity index (χ4v) is 20.2. The molecule has 1 aromatic carbocycles. The van der Waals surface area contributed by atoms with E-state index in [9.17, 15) is 0 Å². The second kappa shape index (κ2) is 10.7. The Labute approximate surface area is 175 Å². The molecular weight excluding hydrogens is 431 g/mol. The monoisotopic (exact) mass is 480 g/mol. The van der Waals surface area contributed by atoms with E-state index < -0.39 is 18.4 Å². The Morgan fingerprint density at radius 2 is 0.926 bits per heavy atom. The third kappa shape index (κ3) is 7.41. The van der Waals surface area contributed by atoms with E-state index in [1.165, 1.54) is 38.5 Å². The molecule has 27 heavy (non-hydrogen) atoms. The second-order valence-electron chi connectivity index (χ2n) is 10.9. The number of benzene rings is 1. The molecule has 0 nitrogen and oxygen atoms in total. The summed E-state index contributed by atoms with van der Waals surface area (Å²) in [6.07, 6.45) is 8.36. The van der Waals surface area contributed by atoms with Crippen LogP contribution in [-0.2, 0) is 10.8 Å². The topological polar surface area (TPSA) is 0 Å². The van der Waals surface area contributed by atoms with E-state index in [0.717, 1.165) is 0 Å². The van der Waals surface area contributed by atoms with Crippen LogP contribution >= 0.6 is 0 Å². The molecule has 1 aromatic rings. The van der Waals surface area contributed by atoms with Gasteiger partial charge in [0.15, 0.2) is 0 Å². The van der Waals surface area contributed by atoms with Gasteiger partial charge in [0.1, 0.15) is 0 Å². The van der Waals surface area contributed by atoms with Crippen molar-refractivity contribution in [3.8, 4) is 0 Å². The van der Waals surface area contributed by atoms with Gasteiger partial charge in [0.2, 0.25) is 0 Å². The molecule has 0 atom stereocenters. The van der Waals surface area contributed by atoms with E-state index in [0.29, 0.717) is 0 Å². The van der Waals surface area contributed by atoms with Crippen LogP contribution in [0, 0.1) is 0 Å². The summed E-state index contributed by atoms with van der Waals surface area (Å²) in [5.41, 5.74) is 3.59. The third-order valence-electron chi connectivity index (χ3n) is 6.30. The Balaban J connectivity index is 3.60. The van der Waals surface area contributed by atoms with Gasteiger partial charge in [-0.25, -0.2) is 0 Å². The number of unbranched alkanes of at least 4 members (excludes halogenated alkanes) is 3. The molecule has 0 heterocycles. The van der Waals surface area contributed by atoms with Crippen LogP contribution in [0.2, 0.25) is 13.3 Å². The first kappa shape index (κ1) is 25.1. The summed E-state index contributed by atoms with van der Waals surface area (Å²) in [6, 6.07) is 7.86. The van der Waals surface area contributed by atoms with E-state index in [1.807, 2.05) is 3.58 Å². The van der Waals surface area contributed by atoms with Crippen LogP contribution in [0.15, 0.2) is 18.2 Å². The first-order chi connectivity index (χ1) is 12.5. The Morgan fingerprint density at radius 3 is 1.19 bits per heavy atom. The SMILES string of the molecule is CCC[CH2][Sn]([CH2]CCC)([CH2]CCC)[c]1cc(C(C)(C)C)cc(C(C)(C)C)c1. The van der Waals surface area contributed by atoms with Crippen molar-refractivity contribution in [1.82, 2.24) is 0 Å². The van der Waals surface area contributed by atoms with Gasteiger partial charge < -0.3 is 0 Å². The molecule has 1 heteroatoms. The van der Waals surface area contributed by atoms with Crippen LogP contribution in [0.3, 0.4) is 0 Å². The van der Waals surface area contributed by atoms with Crippen molar-refractivity contribution in [2.24, 2.45) is 0 Å². The van der Waals surface area contributed by atoms with E-state index in [4.69, 9.17) is 0 Å². The predicted octanol–water partition coefficient (Wildman–Crippen LogP) is 8.34. The van der Waals surface area contributed by atoms with E-state index in [2.05, 4.69) is 80.5 Å². The molecule has 156 valence electrons. The molecule has 0 unspecified atom stereocenters. The van der Waals surface area contributed by atoms with Gasteiger partial charge in [-0.15, -0.1) is 0 Å². The van der Waals surface area contributed by atoms with Crippen molar-refractivity contribution in [2.75, 3.05) is 0 Å². The summed E-state index contributed by atoms with van der Waals surface area (Å²) < 4.78 is 6.52. The van der Waals surface area contributed by atoms with E-state index in [-0.39, 0.29) is 10.8 Å². The van der Waals surface area contributed by atoms with Crippen molar-refractivity contribution in [3.05, 3.63) is 29.3 Å². The Bertz CT molecular complexity index is 503. The van der Waals surface area contributed by atoms with Crippen LogP contribution in [0.25, 0.3) is 0 Å². The Morgan fingerprint density at radius 1 is 0.593 bits per heavy atom. The van der Waals surface area contributed by atoms with Crippen molar-refractivity contribution >= 4 is 22.0 Å². The average molecular weight is 479 g/mol. The van der Waals surface area contributed by atoms with Gasteiger partial charge in [-0.3, -0.25) is 0 Å². The minimum absolute atomic E-state index is 0.230. The molecular formula is C26H48Sn. The standard InChI is InChI=1S/C14H21.3C4H9.Sn/c1-13(2,3)11-8-7-9-12(10-11)14(4,5)6;3*1-3-4-2;/h8-10H,1-6H3;3*1,3-4H2,2H3;. The van der Waals surface area contributed by atoms with E-state index in [1.54, 1.807) is 24.4 Å². The van der Waals surface area contributed by atoms with E-state index >= 15 is 0 Å². The molecule has 0 amide bonds. The van der Waals surface area contributed by atoms with Crippen LogP contribution in [0.5, 0.6) is 0 Å². The predicted molar refractivity (Wildman–Crippen MR) is 128 cm³/mol. The molecule has 0 bridgehead atoms. The number of rotatable bonds is 10. The molecule has 0 N–H and O–H groups in total. The van der Waals surface area contributed by atoms with Crippen molar-refractivity contribution in [1.29, 1.82) is 0 Å². The molecule has 0 saturated heterocycles. The average Bonchev–Trinajstić information content (AvgIpc) is 2.59. The molecule has 0 fully saturated rings.